The highest BCUT2D eigenvalue weighted by molar-refractivity contribution is 9.10. The summed E-state index contributed by atoms with van der Waals surface area (Å²) in [5.74, 6) is -0.930. The number of nitrogens with zero attached hydrogens (tertiary/aromatic N) is 1. The maximum Gasteiger partial charge on any atom is 0.329 e. The smallest absolute Gasteiger partial charge is 0.329 e. The Morgan fingerprint density at radius 2 is 1.81 bits per heavy atom. The molecule has 0 aromatic heterocycles. The number of rotatable bonds is 8. The molecule has 1 saturated heterocycles. The van der Waals surface area contributed by atoms with Crippen LogP contribution in [0.15, 0.2) is 76.9 Å². The van der Waals surface area contributed by atoms with Gasteiger partial charge in [0.2, 0.25) is 5.91 Å². The number of carbonyl (C=O) groups is 3. The van der Waals surface area contributed by atoms with Gasteiger partial charge >= 0.3 is 6.03 Å². The molecule has 0 unspecified atom stereocenters. The van der Waals surface area contributed by atoms with Gasteiger partial charge in [-0.2, -0.15) is 0 Å². The number of para-hydroxylation sites is 1. The minimum atomic E-state index is -0.672. The summed E-state index contributed by atoms with van der Waals surface area (Å²) in [5, 5.41) is 5.27. The van der Waals surface area contributed by atoms with Crippen molar-refractivity contribution in [2.75, 3.05) is 11.9 Å². The maximum atomic E-state index is 13.8. The highest BCUT2D eigenvalue weighted by Gasteiger charge is 2.35. The second kappa shape index (κ2) is 11.2. The SMILES string of the molecule is CCc1ccccc1NC(=O)CN1C(=O)N/C(=C/c2ccc(OCc3ccccc3F)c(Br)c2)C1=O. The molecule has 4 rings (SSSR count). The van der Waals surface area contributed by atoms with Crippen LogP contribution in [0.1, 0.15) is 23.6 Å². The first kappa shape index (κ1) is 25.1. The fourth-order valence-corrected chi connectivity index (χ4v) is 4.17. The van der Waals surface area contributed by atoms with E-state index in [9.17, 15) is 18.8 Å². The zero-order chi connectivity index (χ0) is 25.7. The van der Waals surface area contributed by atoms with Crippen molar-refractivity contribution in [1.29, 1.82) is 0 Å². The number of ether oxygens (including phenoxy) is 1. The topological polar surface area (TPSA) is 87.7 Å². The fraction of sp³-hybridized carbons (Fsp3) is 0.148. The third-order valence-electron chi connectivity index (χ3n) is 5.54. The van der Waals surface area contributed by atoms with Gasteiger partial charge in [-0.05, 0) is 63.8 Å². The van der Waals surface area contributed by atoms with Crippen molar-refractivity contribution in [2.24, 2.45) is 0 Å². The van der Waals surface area contributed by atoms with Crippen molar-refractivity contribution < 1.29 is 23.5 Å². The standard InChI is InChI=1S/C27H23BrFN3O4/c1-2-18-7-4-6-10-22(18)30-25(33)15-32-26(34)23(31-27(32)35)14-17-11-12-24(20(28)13-17)36-16-19-8-3-5-9-21(19)29/h3-14H,2,15-16H2,1H3,(H,30,33)(H,31,35)/b23-14+. The van der Waals surface area contributed by atoms with Crippen LogP contribution in [-0.4, -0.2) is 29.3 Å². The Morgan fingerprint density at radius 3 is 2.53 bits per heavy atom. The Balaban J connectivity index is 1.41. The van der Waals surface area contributed by atoms with E-state index in [2.05, 4.69) is 26.6 Å². The quantitative estimate of drug-likeness (QED) is 0.295. The van der Waals surface area contributed by atoms with Crippen molar-refractivity contribution in [1.82, 2.24) is 10.2 Å². The number of imide groups is 1. The number of anilines is 1. The molecule has 0 radical (unpaired) electrons. The highest BCUT2D eigenvalue weighted by Crippen LogP contribution is 2.28. The molecular formula is C27H23BrFN3O4. The normalized spacial score (nSPS) is 14.2. The maximum absolute atomic E-state index is 13.8. The summed E-state index contributed by atoms with van der Waals surface area (Å²) in [6.07, 6.45) is 2.24. The summed E-state index contributed by atoms with van der Waals surface area (Å²) in [4.78, 5) is 38.5. The van der Waals surface area contributed by atoms with E-state index in [-0.39, 0.29) is 18.1 Å². The number of nitrogens with one attached hydrogen (secondary N) is 2. The lowest BCUT2D eigenvalue weighted by molar-refractivity contribution is -0.127. The first-order valence-electron chi connectivity index (χ1n) is 11.2. The largest absolute Gasteiger partial charge is 0.488 e. The molecule has 1 heterocycles. The monoisotopic (exact) mass is 551 g/mol. The third-order valence-corrected chi connectivity index (χ3v) is 6.16. The molecule has 3 aromatic carbocycles. The molecule has 1 aliphatic rings. The van der Waals surface area contributed by atoms with Gasteiger partial charge in [0.15, 0.2) is 0 Å². The molecule has 9 heteroatoms. The molecule has 36 heavy (non-hydrogen) atoms. The van der Waals surface area contributed by atoms with Crippen LogP contribution in [0.5, 0.6) is 5.75 Å². The second-order valence-corrected chi connectivity index (χ2v) is 8.86. The van der Waals surface area contributed by atoms with Crippen LogP contribution in [0.25, 0.3) is 6.08 Å². The minimum Gasteiger partial charge on any atom is -0.488 e. The number of hydrogen-bond acceptors (Lipinski definition) is 4. The molecule has 184 valence electrons. The van der Waals surface area contributed by atoms with Gasteiger partial charge in [0.05, 0.1) is 4.47 Å². The summed E-state index contributed by atoms with van der Waals surface area (Å²) >= 11 is 3.42. The van der Waals surface area contributed by atoms with Crippen LogP contribution in [0.3, 0.4) is 0 Å². The van der Waals surface area contributed by atoms with E-state index in [1.54, 1.807) is 48.5 Å². The van der Waals surface area contributed by atoms with Gasteiger partial charge in [0.1, 0.15) is 30.4 Å². The lowest BCUT2D eigenvalue weighted by atomic mass is 10.1. The number of urea groups is 1. The number of benzene rings is 3. The lowest BCUT2D eigenvalue weighted by Crippen LogP contribution is -2.38. The number of carbonyl (C=O) groups excluding carboxylic acids is 3. The van der Waals surface area contributed by atoms with E-state index in [4.69, 9.17) is 4.74 Å². The van der Waals surface area contributed by atoms with Gasteiger partial charge in [0.25, 0.3) is 5.91 Å². The van der Waals surface area contributed by atoms with Crippen LogP contribution < -0.4 is 15.4 Å². The van der Waals surface area contributed by atoms with Gasteiger partial charge < -0.3 is 15.4 Å². The highest BCUT2D eigenvalue weighted by atomic mass is 79.9. The molecule has 4 amide bonds. The predicted octanol–water partition coefficient (Wildman–Crippen LogP) is 5.26. The second-order valence-electron chi connectivity index (χ2n) is 8.01. The van der Waals surface area contributed by atoms with E-state index < -0.39 is 24.4 Å². The first-order valence-corrected chi connectivity index (χ1v) is 12.0. The summed E-state index contributed by atoms with van der Waals surface area (Å²) in [6, 6.07) is 18.1. The Kier molecular flexibility index (Phi) is 7.80. The molecule has 3 aromatic rings. The van der Waals surface area contributed by atoms with Crippen LogP contribution >= 0.6 is 15.9 Å². The van der Waals surface area contributed by atoms with Crippen molar-refractivity contribution in [2.45, 2.75) is 20.0 Å². The molecule has 7 nitrogen and oxygen atoms in total. The Morgan fingerprint density at radius 1 is 1.08 bits per heavy atom. The van der Waals surface area contributed by atoms with Gasteiger partial charge in [0, 0.05) is 11.3 Å². The van der Waals surface area contributed by atoms with E-state index in [1.165, 1.54) is 12.1 Å². The van der Waals surface area contributed by atoms with Crippen LogP contribution in [0.2, 0.25) is 0 Å². The Bertz CT molecular complexity index is 1360. The van der Waals surface area contributed by atoms with Crippen molar-refractivity contribution >= 4 is 45.5 Å². The van der Waals surface area contributed by atoms with Crippen molar-refractivity contribution in [3.63, 3.8) is 0 Å². The Labute approximate surface area is 216 Å². The van der Waals surface area contributed by atoms with Crippen molar-refractivity contribution in [3.8, 4) is 5.75 Å². The third kappa shape index (κ3) is 5.80. The summed E-state index contributed by atoms with van der Waals surface area (Å²) < 4.78 is 20.1. The molecule has 2 N–H and O–H groups in total. The summed E-state index contributed by atoms with van der Waals surface area (Å²) in [7, 11) is 0. The average Bonchev–Trinajstić information content (AvgIpc) is 3.12. The zero-order valence-corrected chi connectivity index (χ0v) is 21.0. The Hall–Kier alpha value is -3.98. The van der Waals surface area contributed by atoms with E-state index in [0.717, 1.165) is 16.9 Å². The molecule has 0 bridgehead atoms. The molecule has 0 aliphatic carbocycles. The molecule has 0 atom stereocenters. The summed E-state index contributed by atoms with van der Waals surface area (Å²) in [6.45, 7) is 1.62. The summed E-state index contributed by atoms with van der Waals surface area (Å²) in [5.41, 5.74) is 2.70. The lowest BCUT2D eigenvalue weighted by Gasteiger charge is -2.13. The predicted molar refractivity (Wildman–Crippen MR) is 138 cm³/mol. The van der Waals surface area contributed by atoms with Gasteiger partial charge in [-0.25, -0.2) is 14.1 Å². The molecule has 0 saturated carbocycles. The van der Waals surface area contributed by atoms with Gasteiger partial charge in [-0.1, -0.05) is 49.4 Å². The average molecular weight is 552 g/mol. The number of hydrogen-bond donors (Lipinski definition) is 2. The fourth-order valence-electron chi connectivity index (χ4n) is 3.66. The van der Waals surface area contributed by atoms with Gasteiger partial charge in [-0.3, -0.25) is 9.59 Å². The number of halogens is 2. The number of amides is 4. The molecular weight excluding hydrogens is 529 g/mol. The van der Waals surface area contributed by atoms with Crippen LogP contribution in [-0.2, 0) is 22.6 Å². The molecule has 1 fully saturated rings. The van der Waals surface area contributed by atoms with E-state index >= 15 is 0 Å². The number of aryl methyl sites for hydroxylation is 1. The minimum absolute atomic E-state index is 0.0497. The van der Waals surface area contributed by atoms with Gasteiger partial charge in [-0.15, -0.1) is 0 Å². The van der Waals surface area contributed by atoms with E-state index in [1.807, 2.05) is 19.1 Å². The molecule has 1 aliphatic heterocycles. The van der Waals surface area contributed by atoms with Crippen LogP contribution in [0.4, 0.5) is 14.9 Å². The van der Waals surface area contributed by atoms with E-state index in [0.29, 0.717) is 27.0 Å². The zero-order valence-electron chi connectivity index (χ0n) is 19.4. The van der Waals surface area contributed by atoms with Crippen molar-refractivity contribution in [3.05, 3.63) is 99.4 Å². The molecule has 0 spiro atoms. The van der Waals surface area contributed by atoms with Crippen LogP contribution in [0, 0.1) is 5.82 Å². The first-order chi connectivity index (χ1) is 17.4.